The van der Waals surface area contributed by atoms with Crippen molar-refractivity contribution in [3.8, 4) is 0 Å². The molecule has 0 unspecified atom stereocenters. The fourth-order valence-corrected chi connectivity index (χ4v) is 4.35. The molecule has 0 bridgehead atoms. The standard InChI is InChI=1S/C20H25N3O4S/c1-11-7-8-14(27-11)16-15(17(24)19-12(2)21-13(3)28-19)18(25)20(26)23(16)10-6-9-22(4)5/h7-8,16,25H,6,9-10H2,1-5H3/p+1/t16-/m0/s1. The molecule has 8 heteroatoms. The summed E-state index contributed by atoms with van der Waals surface area (Å²) in [6.07, 6.45) is 0.748. The largest absolute Gasteiger partial charge is 0.503 e. The maximum atomic E-state index is 13.3. The first-order valence-electron chi connectivity index (χ1n) is 9.29. The third-order valence-electron chi connectivity index (χ3n) is 4.76. The third-order valence-corrected chi connectivity index (χ3v) is 5.84. The highest BCUT2D eigenvalue weighted by Gasteiger charge is 2.45. The number of aromatic nitrogens is 1. The zero-order chi connectivity index (χ0) is 20.6. The molecule has 1 atom stereocenters. The Morgan fingerprint density at radius 2 is 2.04 bits per heavy atom. The lowest BCUT2D eigenvalue weighted by atomic mass is 9.99. The molecule has 0 spiro atoms. The third kappa shape index (κ3) is 3.74. The molecule has 2 aromatic heterocycles. The van der Waals surface area contributed by atoms with E-state index in [0.29, 0.717) is 28.6 Å². The molecule has 28 heavy (non-hydrogen) atoms. The highest BCUT2D eigenvalue weighted by atomic mass is 32.1. The lowest BCUT2D eigenvalue weighted by molar-refractivity contribution is -0.858. The van der Waals surface area contributed by atoms with Crippen molar-refractivity contribution in [3.05, 3.63) is 50.6 Å². The molecule has 3 heterocycles. The molecule has 1 aliphatic rings. The van der Waals surface area contributed by atoms with Crippen LogP contribution in [0.2, 0.25) is 0 Å². The molecular formula is C20H26N3O4S+. The Kier molecular flexibility index (Phi) is 5.71. The van der Waals surface area contributed by atoms with Gasteiger partial charge in [-0.2, -0.15) is 0 Å². The summed E-state index contributed by atoms with van der Waals surface area (Å²) < 4.78 is 5.76. The summed E-state index contributed by atoms with van der Waals surface area (Å²) in [5.41, 5.74) is 0.674. The maximum Gasteiger partial charge on any atom is 0.290 e. The summed E-state index contributed by atoms with van der Waals surface area (Å²) in [5.74, 6) is -0.229. The van der Waals surface area contributed by atoms with E-state index < -0.39 is 17.7 Å². The van der Waals surface area contributed by atoms with Crippen molar-refractivity contribution in [2.24, 2.45) is 0 Å². The average Bonchev–Trinajstić information content (AvgIpc) is 3.26. The second-order valence-corrected chi connectivity index (χ2v) is 8.60. The zero-order valence-corrected chi connectivity index (χ0v) is 17.6. The Bertz CT molecular complexity index is 941. The van der Waals surface area contributed by atoms with Gasteiger partial charge in [-0.25, -0.2) is 4.98 Å². The molecule has 0 saturated heterocycles. The first-order valence-corrected chi connectivity index (χ1v) is 10.1. The first-order chi connectivity index (χ1) is 13.2. The molecule has 0 radical (unpaired) electrons. The summed E-state index contributed by atoms with van der Waals surface area (Å²) in [4.78, 5) is 33.6. The minimum atomic E-state index is -0.729. The van der Waals surface area contributed by atoms with E-state index in [4.69, 9.17) is 4.42 Å². The van der Waals surface area contributed by atoms with Gasteiger partial charge in [0.25, 0.3) is 5.91 Å². The lowest BCUT2D eigenvalue weighted by Gasteiger charge is -2.25. The minimum Gasteiger partial charge on any atom is -0.503 e. The Balaban J connectivity index is 2.01. The number of furan rings is 1. The fourth-order valence-electron chi connectivity index (χ4n) is 3.48. The van der Waals surface area contributed by atoms with Crippen molar-refractivity contribution in [1.29, 1.82) is 0 Å². The van der Waals surface area contributed by atoms with Gasteiger partial charge in [0.15, 0.2) is 5.76 Å². The number of ketones is 1. The van der Waals surface area contributed by atoms with Crippen LogP contribution in [0.15, 0.2) is 27.9 Å². The van der Waals surface area contributed by atoms with Crippen LogP contribution in [0.4, 0.5) is 0 Å². The van der Waals surface area contributed by atoms with Gasteiger partial charge in [0.05, 0.1) is 41.8 Å². The van der Waals surface area contributed by atoms with E-state index >= 15 is 0 Å². The van der Waals surface area contributed by atoms with E-state index in [0.717, 1.165) is 18.0 Å². The van der Waals surface area contributed by atoms with Gasteiger partial charge in [-0.3, -0.25) is 9.59 Å². The number of hydrogen-bond donors (Lipinski definition) is 2. The van der Waals surface area contributed by atoms with Crippen molar-refractivity contribution < 1.29 is 24.0 Å². The number of rotatable bonds is 7. The van der Waals surface area contributed by atoms with Gasteiger partial charge in [-0.15, -0.1) is 11.3 Å². The zero-order valence-electron chi connectivity index (χ0n) is 16.8. The van der Waals surface area contributed by atoms with Crippen molar-refractivity contribution >= 4 is 23.0 Å². The van der Waals surface area contributed by atoms with Crippen LogP contribution < -0.4 is 4.90 Å². The van der Waals surface area contributed by atoms with Crippen molar-refractivity contribution in [1.82, 2.24) is 9.88 Å². The predicted octanol–water partition coefficient (Wildman–Crippen LogP) is 1.77. The van der Waals surface area contributed by atoms with Gasteiger partial charge >= 0.3 is 0 Å². The molecule has 0 aromatic carbocycles. The van der Waals surface area contributed by atoms with E-state index in [1.54, 1.807) is 19.1 Å². The summed E-state index contributed by atoms with van der Waals surface area (Å²) in [7, 11) is 4.08. The molecule has 0 saturated carbocycles. The van der Waals surface area contributed by atoms with Crippen LogP contribution in [-0.2, 0) is 4.79 Å². The van der Waals surface area contributed by atoms with Gasteiger partial charge in [0.1, 0.15) is 17.6 Å². The molecule has 150 valence electrons. The predicted molar refractivity (Wildman–Crippen MR) is 106 cm³/mol. The first kappa shape index (κ1) is 20.3. The summed E-state index contributed by atoms with van der Waals surface area (Å²) in [5, 5.41) is 11.4. The number of thiazole rings is 1. The van der Waals surface area contributed by atoms with Gasteiger partial charge in [-0.1, -0.05) is 0 Å². The molecule has 2 N–H and O–H groups in total. The molecule has 3 rings (SSSR count). The lowest BCUT2D eigenvalue weighted by Crippen LogP contribution is -3.05. The van der Waals surface area contributed by atoms with Crippen LogP contribution in [0.3, 0.4) is 0 Å². The fraction of sp³-hybridized carbons (Fsp3) is 0.450. The van der Waals surface area contributed by atoms with Crippen LogP contribution in [-0.4, -0.2) is 53.9 Å². The Labute approximate surface area is 168 Å². The number of hydrogen-bond acceptors (Lipinski definition) is 6. The molecule has 0 fully saturated rings. The second-order valence-electron chi connectivity index (χ2n) is 7.40. The van der Waals surface area contributed by atoms with Gasteiger partial charge in [0.2, 0.25) is 5.78 Å². The number of aliphatic hydroxyl groups is 1. The van der Waals surface area contributed by atoms with Gasteiger partial charge < -0.3 is 19.3 Å². The topological polar surface area (TPSA) is 88.1 Å². The second kappa shape index (κ2) is 7.89. The number of carbonyl (C=O) groups is 2. The quantitative estimate of drug-likeness (QED) is 0.687. The highest BCUT2D eigenvalue weighted by molar-refractivity contribution is 7.14. The Hall–Kier alpha value is -2.45. The highest BCUT2D eigenvalue weighted by Crippen LogP contribution is 2.40. The Morgan fingerprint density at radius 1 is 1.32 bits per heavy atom. The maximum absolute atomic E-state index is 13.3. The van der Waals surface area contributed by atoms with Crippen LogP contribution in [0.25, 0.3) is 0 Å². The average molecular weight is 405 g/mol. The van der Waals surface area contributed by atoms with Gasteiger partial charge in [-0.05, 0) is 32.9 Å². The number of nitrogens with zero attached hydrogens (tertiary/aromatic N) is 2. The molecule has 1 amide bonds. The normalized spacial score (nSPS) is 17.3. The smallest absolute Gasteiger partial charge is 0.290 e. The van der Waals surface area contributed by atoms with E-state index in [1.165, 1.54) is 21.1 Å². The summed E-state index contributed by atoms with van der Waals surface area (Å²) in [6, 6.07) is 2.82. The number of Topliss-reactive ketones (excluding diaryl/α,β-unsaturated/α-hetero) is 1. The molecular weight excluding hydrogens is 378 g/mol. The van der Waals surface area contributed by atoms with E-state index in [2.05, 4.69) is 4.98 Å². The minimum absolute atomic E-state index is 0.0725. The van der Waals surface area contributed by atoms with Crippen LogP contribution >= 0.6 is 11.3 Å². The molecule has 1 aliphatic heterocycles. The van der Waals surface area contributed by atoms with Crippen molar-refractivity contribution in [3.63, 3.8) is 0 Å². The van der Waals surface area contributed by atoms with Crippen LogP contribution in [0.5, 0.6) is 0 Å². The number of aliphatic hydroxyl groups excluding tert-OH is 1. The summed E-state index contributed by atoms with van der Waals surface area (Å²) >= 11 is 1.27. The van der Waals surface area contributed by atoms with Crippen LogP contribution in [0, 0.1) is 20.8 Å². The van der Waals surface area contributed by atoms with Crippen molar-refractivity contribution in [2.45, 2.75) is 33.2 Å². The number of aryl methyl sites for hydroxylation is 3. The number of nitrogens with one attached hydrogen (secondary N) is 1. The van der Waals surface area contributed by atoms with E-state index in [9.17, 15) is 14.7 Å². The van der Waals surface area contributed by atoms with Crippen molar-refractivity contribution in [2.75, 3.05) is 27.2 Å². The molecule has 7 nitrogen and oxygen atoms in total. The SMILES string of the molecule is Cc1ccc([C@H]2C(C(=O)c3sc(C)nc3C)=C(O)C(=O)N2CCC[NH+](C)C)o1. The van der Waals surface area contributed by atoms with E-state index in [-0.39, 0.29) is 11.4 Å². The monoisotopic (exact) mass is 404 g/mol. The van der Waals surface area contributed by atoms with Gasteiger partial charge in [0, 0.05) is 13.0 Å². The molecule has 0 aliphatic carbocycles. The molecule has 2 aromatic rings. The number of carbonyl (C=O) groups excluding carboxylic acids is 2. The number of quaternary nitrogens is 1. The van der Waals surface area contributed by atoms with E-state index in [1.807, 2.05) is 27.9 Å². The van der Waals surface area contributed by atoms with Crippen LogP contribution in [0.1, 0.15) is 44.4 Å². The Morgan fingerprint density at radius 3 is 2.57 bits per heavy atom. The summed E-state index contributed by atoms with van der Waals surface area (Å²) in [6.45, 7) is 6.68. The number of amides is 1.